The van der Waals surface area contributed by atoms with Crippen LogP contribution >= 0.6 is 11.3 Å². The molecule has 122 valence electrons. The number of urea groups is 1. The Balaban J connectivity index is 1.59. The summed E-state index contributed by atoms with van der Waals surface area (Å²) in [4.78, 5) is 14.6. The number of aryl methyl sites for hydroxylation is 1. The number of hydrogen-bond acceptors (Lipinski definition) is 3. The molecule has 23 heavy (non-hydrogen) atoms. The van der Waals surface area contributed by atoms with E-state index in [2.05, 4.69) is 32.4 Å². The van der Waals surface area contributed by atoms with Gasteiger partial charge in [-0.25, -0.2) is 4.79 Å². The van der Waals surface area contributed by atoms with Gasteiger partial charge in [0.15, 0.2) is 0 Å². The van der Waals surface area contributed by atoms with E-state index in [0.717, 1.165) is 24.3 Å². The monoisotopic (exact) mass is 329 g/mol. The molecule has 3 rings (SSSR count). The minimum absolute atomic E-state index is 0.143. The van der Waals surface area contributed by atoms with Crippen molar-refractivity contribution in [3.63, 3.8) is 0 Å². The molecule has 2 amide bonds. The summed E-state index contributed by atoms with van der Waals surface area (Å²) in [5.74, 6) is 0. The molecule has 1 unspecified atom stereocenters. The first-order chi connectivity index (χ1) is 11.2. The smallest absolute Gasteiger partial charge is 0.319 e. The van der Waals surface area contributed by atoms with E-state index in [-0.39, 0.29) is 12.1 Å². The SMILES string of the molecule is Cc1cccc(NC(=O)NCC(c2ccsc2)N2CCCC2)c1. The van der Waals surface area contributed by atoms with E-state index in [1.54, 1.807) is 11.3 Å². The largest absolute Gasteiger partial charge is 0.336 e. The fraction of sp³-hybridized carbons (Fsp3) is 0.389. The van der Waals surface area contributed by atoms with Crippen LogP contribution < -0.4 is 10.6 Å². The zero-order valence-electron chi connectivity index (χ0n) is 13.4. The van der Waals surface area contributed by atoms with Crippen LogP contribution in [0.3, 0.4) is 0 Å². The van der Waals surface area contributed by atoms with Gasteiger partial charge in [0.1, 0.15) is 0 Å². The quantitative estimate of drug-likeness (QED) is 0.870. The molecular formula is C18H23N3OS. The zero-order valence-corrected chi connectivity index (χ0v) is 14.2. The van der Waals surface area contributed by atoms with Gasteiger partial charge < -0.3 is 10.6 Å². The normalized spacial score (nSPS) is 16.2. The molecule has 1 saturated heterocycles. The molecule has 1 aliphatic heterocycles. The summed E-state index contributed by atoms with van der Waals surface area (Å²) >= 11 is 1.71. The molecule has 0 radical (unpaired) electrons. The summed E-state index contributed by atoms with van der Waals surface area (Å²) in [5, 5.41) is 10.2. The first-order valence-corrected chi connectivity index (χ1v) is 9.04. The summed E-state index contributed by atoms with van der Waals surface area (Å²) in [6.45, 7) is 4.88. The fourth-order valence-corrected chi connectivity index (χ4v) is 3.77. The van der Waals surface area contributed by atoms with E-state index in [1.165, 1.54) is 18.4 Å². The molecule has 0 saturated carbocycles. The standard InChI is InChI=1S/C18H23N3OS/c1-14-5-4-6-16(11-14)20-18(22)19-12-17(15-7-10-23-13-15)21-8-2-3-9-21/h4-7,10-11,13,17H,2-3,8-9,12H2,1H3,(H2,19,20,22). The minimum atomic E-state index is -0.143. The average molecular weight is 329 g/mol. The second kappa shape index (κ2) is 7.62. The third kappa shape index (κ3) is 4.33. The highest BCUT2D eigenvalue weighted by Gasteiger charge is 2.24. The third-order valence-corrected chi connectivity index (χ3v) is 4.94. The van der Waals surface area contributed by atoms with Crippen molar-refractivity contribution in [1.82, 2.24) is 10.2 Å². The number of benzene rings is 1. The van der Waals surface area contributed by atoms with Crippen LogP contribution in [0.5, 0.6) is 0 Å². The highest BCUT2D eigenvalue weighted by Crippen LogP contribution is 2.26. The van der Waals surface area contributed by atoms with E-state index in [9.17, 15) is 4.79 Å². The van der Waals surface area contributed by atoms with Crippen molar-refractivity contribution in [1.29, 1.82) is 0 Å². The number of anilines is 1. The number of rotatable bonds is 5. The Hall–Kier alpha value is -1.85. The lowest BCUT2D eigenvalue weighted by atomic mass is 10.1. The van der Waals surface area contributed by atoms with Crippen molar-refractivity contribution in [2.75, 3.05) is 25.0 Å². The van der Waals surface area contributed by atoms with Gasteiger partial charge in [0.05, 0.1) is 6.04 Å². The van der Waals surface area contributed by atoms with E-state index < -0.39 is 0 Å². The van der Waals surface area contributed by atoms with Gasteiger partial charge in [-0.05, 0) is 72.9 Å². The molecule has 1 atom stereocenters. The fourth-order valence-electron chi connectivity index (χ4n) is 3.06. The molecule has 1 aromatic heterocycles. The van der Waals surface area contributed by atoms with Gasteiger partial charge >= 0.3 is 6.03 Å². The predicted molar refractivity (Wildman–Crippen MR) is 96.1 cm³/mol. The summed E-state index contributed by atoms with van der Waals surface area (Å²) in [7, 11) is 0. The summed E-state index contributed by atoms with van der Waals surface area (Å²) in [6.07, 6.45) is 2.49. The van der Waals surface area contributed by atoms with Crippen LogP contribution in [0.4, 0.5) is 10.5 Å². The Labute approximate surface area is 141 Å². The summed E-state index contributed by atoms with van der Waals surface area (Å²) in [5.41, 5.74) is 3.26. The van der Waals surface area contributed by atoms with Gasteiger partial charge in [0, 0.05) is 12.2 Å². The Morgan fingerprint density at radius 3 is 2.83 bits per heavy atom. The molecule has 4 nitrogen and oxygen atoms in total. The van der Waals surface area contributed by atoms with Crippen molar-refractivity contribution < 1.29 is 4.79 Å². The zero-order chi connectivity index (χ0) is 16.1. The third-order valence-electron chi connectivity index (χ3n) is 4.24. The molecule has 2 N–H and O–H groups in total. The maximum absolute atomic E-state index is 12.2. The molecule has 2 aromatic rings. The van der Waals surface area contributed by atoms with Gasteiger partial charge in [0.2, 0.25) is 0 Å². The van der Waals surface area contributed by atoms with Gasteiger partial charge in [-0.1, -0.05) is 12.1 Å². The first kappa shape index (κ1) is 16.0. The minimum Gasteiger partial charge on any atom is -0.336 e. The number of nitrogens with zero attached hydrogens (tertiary/aromatic N) is 1. The van der Waals surface area contributed by atoms with Crippen molar-refractivity contribution in [2.45, 2.75) is 25.8 Å². The second-order valence-electron chi connectivity index (χ2n) is 6.02. The van der Waals surface area contributed by atoms with Crippen molar-refractivity contribution in [3.05, 3.63) is 52.2 Å². The molecule has 0 bridgehead atoms. The number of carbonyl (C=O) groups excluding carboxylic acids is 1. The molecular weight excluding hydrogens is 306 g/mol. The molecule has 5 heteroatoms. The second-order valence-corrected chi connectivity index (χ2v) is 6.80. The van der Waals surface area contributed by atoms with Gasteiger partial charge in [-0.15, -0.1) is 0 Å². The lowest BCUT2D eigenvalue weighted by molar-refractivity contribution is 0.228. The van der Waals surface area contributed by atoms with Crippen molar-refractivity contribution in [3.8, 4) is 0 Å². The van der Waals surface area contributed by atoms with E-state index in [1.807, 2.05) is 31.2 Å². The predicted octanol–water partition coefficient (Wildman–Crippen LogP) is 4.02. The van der Waals surface area contributed by atoms with Crippen LogP contribution in [0.15, 0.2) is 41.1 Å². The van der Waals surface area contributed by atoms with Crippen molar-refractivity contribution in [2.24, 2.45) is 0 Å². The van der Waals surface area contributed by atoms with Gasteiger partial charge in [-0.3, -0.25) is 4.90 Å². The van der Waals surface area contributed by atoms with Crippen LogP contribution in [0.25, 0.3) is 0 Å². The Kier molecular flexibility index (Phi) is 5.31. The lowest BCUT2D eigenvalue weighted by Crippen LogP contribution is -2.38. The Bertz CT molecular complexity index is 635. The first-order valence-electron chi connectivity index (χ1n) is 8.10. The van der Waals surface area contributed by atoms with Crippen LogP contribution in [-0.2, 0) is 0 Å². The lowest BCUT2D eigenvalue weighted by Gasteiger charge is -2.27. The summed E-state index contributed by atoms with van der Waals surface area (Å²) < 4.78 is 0. The van der Waals surface area contributed by atoms with E-state index in [4.69, 9.17) is 0 Å². The molecule has 0 aliphatic carbocycles. The number of thiophene rings is 1. The van der Waals surface area contributed by atoms with E-state index >= 15 is 0 Å². The number of hydrogen-bond donors (Lipinski definition) is 2. The molecule has 1 aliphatic rings. The van der Waals surface area contributed by atoms with Gasteiger partial charge in [-0.2, -0.15) is 11.3 Å². The Morgan fingerprint density at radius 2 is 2.13 bits per heavy atom. The van der Waals surface area contributed by atoms with Crippen LogP contribution in [0, 0.1) is 6.92 Å². The topological polar surface area (TPSA) is 44.4 Å². The average Bonchev–Trinajstić information content (AvgIpc) is 3.21. The highest BCUT2D eigenvalue weighted by atomic mass is 32.1. The number of likely N-dealkylation sites (tertiary alicyclic amines) is 1. The van der Waals surface area contributed by atoms with Gasteiger partial charge in [0.25, 0.3) is 0 Å². The maximum Gasteiger partial charge on any atom is 0.319 e. The molecule has 1 fully saturated rings. The molecule has 1 aromatic carbocycles. The molecule has 0 spiro atoms. The van der Waals surface area contributed by atoms with Crippen molar-refractivity contribution >= 4 is 23.1 Å². The highest BCUT2D eigenvalue weighted by molar-refractivity contribution is 7.07. The molecule has 2 heterocycles. The van der Waals surface area contributed by atoms with E-state index in [0.29, 0.717) is 6.54 Å². The number of amides is 2. The Morgan fingerprint density at radius 1 is 1.30 bits per heavy atom. The summed E-state index contributed by atoms with van der Waals surface area (Å²) in [6, 6.07) is 10.1. The van der Waals surface area contributed by atoms with Crippen LogP contribution in [0.1, 0.15) is 30.0 Å². The maximum atomic E-state index is 12.2. The number of carbonyl (C=O) groups is 1. The number of nitrogens with one attached hydrogen (secondary N) is 2. The van der Waals surface area contributed by atoms with Crippen LogP contribution in [0.2, 0.25) is 0 Å². The van der Waals surface area contributed by atoms with Crippen LogP contribution in [-0.4, -0.2) is 30.6 Å².